The van der Waals surface area contributed by atoms with Gasteiger partial charge in [0.1, 0.15) is 0 Å². The van der Waals surface area contributed by atoms with Crippen LogP contribution in [0.5, 0.6) is 0 Å². The van der Waals surface area contributed by atoms with E-state index in [1.165, 1.54) is 47.9 Å². The highest BCUT2D eigenvalue weighted by Crippen LogP contribution is 2.35. The van der Waals surface area contributed by atoms with Crippen molar-refractivity contribution in [3.8, 4) is 0 Å². The maximum absolute atomic E-state index is 12.7. The van der Waals surface area contributed by atoms with E-state index in [-0.39, 0.29) is 24.0 Å². The molecule has 0 spiro atoms. The first-order chi connectivity index (χ1) is 14.0. The van der Waals surface area contributed by atoms with Crippen LogP contribution >= 0.6 is 0 Å². The molecule has 0 unspecified atom stereocenters. The molecule has 150 valence electrons. The van der Waals surface area contributed by atoms with Crippen LogP contribution in [-0.4, -0.2) is 34.6 Å². The summed E-state index contributed by atoms with van der Waals surface area (Å²) in [4.78, 5) is 12.8. The number of benzene rings is 3. The molecule has 6 nitrogen and oxygen atoms in total. The molecule has 0 bridgehead atoms. The van der Waals surface area contributed by atoms with Crippen molar-refractivity contribution in [2.45, 2.75) is 17.7 Å². The summed E-state index contributed by atoms with van der Waals surface area (Å²) >= 11 is 0. The molecule has 7 heteroatoms. The second-order valence-electron chi connectivity index (χ2n) is 6.98. The number of rotatable bonds is 7. The van der Waals surface area contributed by atoms with E-state index in [4.69, 9.17) is 4.74 Å². The van der Waals surface area contributed by atoms with Crippen LogP contribution in [0.4, 0.5) is 5.69 Å². The number of methoxy groups -OCH3 is 1. The van der Waals surface area contributed by atoms with Gasteiger partial charge in [-0.2, -0.15) is 0 Å². The monoisotopic (exact) mass is 410 g/mol. The smallest absolute Gasteiger partial charge is 0.255 e. The Balaban J connectivity index is 1.54. The van der Waals surface area contributed by atoms with Crippen LogP contribution in [0.3, 0.4) is 0 Å². The molecule has 3 aromatic rings. The van der Waals surface area contributed by atoms with Crippen LogP contribution in [0.15, 0.2) is 59.5 Å². The van der Waals surface area contributed by atoms with E-state index in [0.29, 0.717) is 5.56 Å². The number of amides is 1. The third kappa shape index (κ3) is 3.89. The van der Waals surface area contributed by atoms with Crippen LogP contribution in [0.2, 0.25) is 0 Å². The number of sulfonamides is 1. The van der Waals surface area contributed by atoms with Crippen LogP contribution in [-0.2, 0) is 27.6 Å². The Morgan fingerprint density at radius 2 is 1.72 bits per heavy atom. The lowest BCUT2D eigenvalue weighted by Gasteiger charge is -2.11. The molecule has 29 heavy (non-hydrogen) atoms. The molecule has 2 N–H and O–H groups in total. The Morgan fingerprint density at radius 3 is 2.45 bits per heavy atom. The fraction of sp³-hybridized carbons (Fsp3) is 0.227. The van der Waals surface area contributed by atoms with Crippen molar-refractivity contribution >= 4 is 32.4 Å². The fourth-order valence-electron chi connectivity index (χ4n) is 3.70. The van der Waals surface area contributed by atoms with Gasteiger partial charge < -0.3 is 10.1 Å². The van der Waals surface area contributed by atoms with E-state index < -0.39 is 10.0 Å². The van der Waals surface area contributed by atoms with Crippen LogP contribution < -0.4 is 10.0 Å². The molecular formula is C22H22N2O4S. The van der Waals surface area contributed by atoms with Crippen LogP contribution in [0.1, 0.15) is 21.5 Å². The van der Waals surface area contributed by atoms with Crippen molar-refractivity contribution in [1.29, 1.82) is 0 Å². The lowest BCUT2D eigenvalue weighted by atomic mass is 10.0. The molecule has 1 amide bonds. The van der Waals surface area contributed by atoms with E-state index in [1.807, 2.05) is 18.2 Å². The molecule has 4 rings (SSSR count). The molecule has 0 heterocycles. The summed E-state index contributed by atoms with van der Waals surface area (Å²) < 4.78 is 31.8. The summed E-state index contributed by atoms with van der Waals surface area (Å²) in [6, 6.07) is 16.0. The summed E-state index contributed by atoms with van der Waals surface area (Å²) in [6.45, 7) is 0.473. The number of carbonyl (C=O) groups is 1. The second-order valence-corrected chi connectivity index (χ2v) is 8.75. The van der Waals surface area contributed by atoms with Gasteiger partial charge in [0.2, 0.25) is 10.0 Å². The quantitative estimate of drug-likeness (QED) is 0.586. The molecule has 1 aliphatic rings. The van der Waals surface area contributed by atoms with E-state index in [0.717, 1.165) is 23.9 Å². The molecule has 0 atom stereocenters. The summed E-state index contributed by atoms with van der Waals surface area (Å²) in [7, 11) is -2.12. The van der Waals surface area contributed by atoms with Gasteiger partial charge in [-0.25, -0.2) is 13.1 Å². The first kappa shape index (κ1) is 19.6. The highest BCUT2D eigenvalue weighted by atomic mass is 32.2. The maximum Gasteiger partial charge on any atom is 0.255 e. The van der Waals surface area contributed by atoms with Gasteiger partial charge in [0, 0.05) is 30.3 Å². The molecular weight excluding hydrogens is 388 g/mol. The molecule has 0 saturated carbocycles. The second kappa shape index (κ2) is 7.94. The topological polar surface area (TPSA) is 84.5 Å². The van der Waals surface area contributed by atoms with Gasteiger partial charge in [-0.1, -0.05) is 24.3 Å². The molecule has 0 fully saturated rings. The Morgan fingerprint density at radius 1 is 1.00 bits per heavy atom. The van der Waals surface area contributed by atoms with E-state index >= 15 is 0 Å². The molecule has 0 aromatic heterocycles. The van der Waals surface area contributed by atoms with Crippen molar-refractivity contribution in [1.82, 2.24) is 4.72 Å². The van der Waals surface area contributed by atoms with Gasteiger partial charge in [-0.05, 0) is 59.7 Å². The van der Waals surface area contributed by atoms with E-state index in [2.05, 4.69) is 22.2 Å². The number of carbonyl (C=O) groups excluding carboxylic acids is 1. The van der Waals surface area contributed by atoms with Crippen LogP contribution in [0, 0.1) is 0 Å². The van der Waals surface area contributed by atoms with Crippen molar-refractivity contribution in [2.75, 3.05) is 25.6 Å². The average molecular weight is 410 g/mol. The molecule has 3 aromatic carbocycles. The predicted octanol–water partition coefficient (Wildman–Crippen LogP) is 3.12. The van der Waals surface area contributed by atoms with Crippen molar-refractivity contribution in [3.63, 3.8) is 0 Å². The third-order valence-corrected chi connectivity index (χ3v) is 6.63. The zero-order valence-electron chi connectivity index (χ0n) is 16.1. The summed E-state index contributed by atoms with van der Waals surface area (Å²) in [5.41, 5.74) is 3.77. The standard InChI is InChI=1S/C22H22N2O4S/c1-28-14-13-23-29(26,27)18-10-7-17(8-11-18)22(25)24-20-12-9-16-6-5-15-3-2-4-19(20)21(15)16/h2-4,7-12,23H,5-6,13-14H2,1H3,(H,24,25). The highest BCUT2D eigenvalue weighted by Gasteiger charge is 2.18. The number of ether oxygens (including phenoxy) is 1. The number of aryl methyl sites for hydroxylation is 2. The Bertz CT molecular complexity index is 1160. The first-order valence-corrected chi connectivity index (χ1v) is 10.9. The van der Waals surface area contributed by atoms with Gasteiger partial charge in [-0.15, -0.1) is 0 Å². The molecule has 0 saturated heterocycles. The van der Waals surface area contributed by atoms with Gasteiger partial charge in [0.25, 0.3) is 5.91 Å². The minimum Gasteiger partial charge on any atom is -0.383 e. The fourth-order valence-corrected chi connectivity index (χ4v) is 4.71. The largest absolute Gasteiger partial charge is 0.383 e. The maximum atomic E-state index is 12.7. The zero-order valence-corrected chi connectivity index (χ0v) is 16.9. The van der Waals surface area contributed by atoms with Gasteiger partial charge in [0.15, 0.2) is 0 Å². The normalized spacial score (nSPS) is 13.0. The van der Waals surface area contributed by atoms with Crippen LogP contribution in [0.25, 0.3) is 10.8 Å². The predicted molar refractivity (Wildman–Crippen MR) is 113 cm³/mol. The highest BCUT2D eigenvalue weighted by molar-refractivity contribution is 7.89. The van der Waals surface area contributed by atoms with Gasteiger partial charge in [-0.3, -0.25) is 4.79 Å². The molecule has 1 aliphatic carbocycles. The number of anilines is 1. The lowest BCUT2D eigenvalue weighted by molar-refractivity contribution is 0.102. The van der Waals surface area contributed by atoms with E-state index in [9.17, 15) is 13.2 Å². The van der Waals surface area contributed by atoms with Gasteiger partial charge in [0.05, 0.1) is 11.5 Å². The van der Waals surface area contributed by atoms with Crippen molar-refractivity contribution < 1.29 is 17.9 Å². The minimum atomic E-state index is -3.63. The first-order valence-electron chi connectivity index (χ1n) is 9.43. The lowest BCUT2D eigenvalue weighted by Crippen LogP contribution is -2.27. The van der Waals surface area contributed by atoms with Crippen molar-refractivity contribution in [2.24, 2.45) is 0 Å². The van der Waals surface area contributed by atoms with Crippen molar-refractivity contribution in [3.05, 3.63) is 71.3 Å². The molecule has 0 aliphatic heterocycles. The zero-order chi connectivity index (χ0) is 20.4. The average Bonchev–Trinajstić information content (AvgIpc) is 3.15. The Labute approximate surface area is 169 Å². The molecule has 0 radical (unpaired) electrons. The van der Waals surface area contributed by atoms with E-state index in [1.54, 1.807) is 0 Å². The summed E-state index contributed by atoms with van der Waals surface area (Å²) in [5, 5.41) is 5.23. The van der Waals surface area contributed by atoms with Gasteiger partial charge >= 0.3 is 0 Å². The minimum absolute atomic E-state index is 0.107. The number of hydrogen-bond donors (Lipinski definition) is 2. The number of nitrogens with one attached hydrogen (secondary N) is 2. The Kier molecular flexibility index (Phi) is 5.36. The summed E-state index contributed by atoms with van der Waals surface area (Å²) in [6.07, 6.45) is 2.05. The Hall–Kier alpha value is -2.74. The SMILES string of the molecule is COCCNS(=O)(=O)c1ccc(C(=O)Nc2ccc3c4c(cccc24)CC3)cc1. The number of hydrogen-bond acceptors (Lipinski definition) is 4. The summed E-state index contributed by atoms with van der Waals surface area (Å²) in [5.74, 6) is -0.278. The third-order valence-electron chi connectivity index (χ3n) is 5.15.